The molecule has 3 saturated heterocycles. The summed E-state index contributed by atoms with van der Waals surface area (Å²) in [4.78, 5) is 79.7. The fourth-order valence-corrected chi connectivity index (χ4v) is 10.0. The predicted molar refractivity (Wildman–Crippen MR) is 257 cm³/mol. The monoisotopic (exact) mass is 974 g/mol. The van der Waals surface area contributed by atoms with E-state index in [1.807, 2.05) is 12.1 Å². The molecule has 370 valence electrons. The summed E-state index contributed by atoms with van der Waals surface area (Å²) in [6.07, 6.45) is 4.98. The van der Waals surface area contributed by atoms with Crippen LogP contribution in [0, 0.1) is 17.2 Å². The largest absolute Gasteiger partial charge is 0.495 e. The Labute approximate surface area is 407 Å². The van der Waals surface area contributed by atoms with Crippen LogP contribution in [0.25, 0.3) is 10.9 Å². The van der Waals surface area contributed by atoms with Gasteiger partial charge in [-0.15, -0.1) is 0 Å². The normalized spacial score (nSPS) is 19.5. The van der Waals surface area contributed by atoms with E-state index in [9.17, 15) is 28.4 Å². The highest BCUT2D eigenvalue weighted by molar-refractivity contribution is 6.17. The maximum absolute atomic E-state index is 16.2. The van der Waals surface area contributed by atoms with E-state index in [0.29, 0.717) is 109 Å². The van der Waals surface area contributed by atoms with Crippen molar-refractivity contribution in [3.8, 4) is 17.2 Å². The van der Waals surface area contributed by atoms with E-state index in [1.165, 1.54) is 34.1 Å². The Morgan fingerprint density at radius 1 is 0.831 bits per heavy atom. The van der Waals surface area contributed by atoms with Crippen LogP contribution in [0.2, 0.25) is 0 Å². The molecule has 20 heteroatoms. The summed E-state index contributed by atoms with van der Waals surface area (Å²) in [7, 11) is 1.56. The van der Waals surface area contributed by atoms with Crippen LogP contribution in [0.4, 0.5) is 36.1 Å². The minimum atomic E-state index is -2.99. The second-order valence-electron chi connectivity index (χ2n) is 18.7. The lowest BCUT2D eigenvalue weighted by Gasteiger charge is -2.44. The Kier molecular flexibility index (Phi) is 13.0. The maximum Gasteiger partial charge on any atom is 0.307 e. The first-order valence-electron chi connectivity index (χ1n) is 23.9. The number of carbonyl (C=O) groups excluding carboxylic acids is 5. The van der Waals surface area contributed by atoms with Gasteiger partial charge in [0.15, 0.2) is 0 Å². The fraction of sp³-hybridized carbons (Fsp3) is 0.392. The number of piperidine rings is 2. The van der Waals surface area contributed by atoms with Gasteiger partial charge in [-0.3, -0.25) is 39.2 Å². The Hall–Kier alpha value is -7.32. The van der Waals surface area contributed by atoms with Gasteiger partial charge in [0.05, 0.1) is 24.9 Å². The molecular weight excluding hydrogens is 922 g/mol. The number of pyridine rings is 2. The summed E-state index contributed by atoms with van der Waals surface area (Å²) in [6, 6.07) is 15.5. The van der Waals surface area contributed by atoms with Crippen molar-refractivity contribution in [2.24, 2.45) is 11.3 Å². The van der Waals surface area contributed by atoms with Crippen LogP contribution in [-0.2, 0) is 25.7 Å². The number of fused-ring (bicyclic) bond motifs is 2. The lowest BCUT2D eigenvalue weighted by molar-refractivity contribution is -0.200. The molecule has 5 aliphatic rings. The zero-order valence-electron chi connectivity index (χ0n) is 39.0. The van der Waals surface area contributed by atoms with E-state index >= 15 is 8.78 Å². The predicted octanol–water partition coefficient (Wildman–Crippen LogP) is 6.23. The van der Waals surface area contributed by atoms with Gasteiger partial charge in [-0.05, 0) is 105 Å². The van der Waals surface area contributed by atoms with Crippen LogP contribution < -0.4 is 35.6 Å². The molecule has 5 aromatic rings. The van der Waals surface area contributed by atoms with E-state index in [1.54, 1.807) is 55.9 Å². The number of amides is 5. The number of ether oxygens (including phenoxy) is 2. The Balaban J connectivity index is 0.700. The molecule has 1 saturated carbocycles. The van der Waals surface area contributed by atoms with Gasteiger partial charge in [0.1, 0.15) is 40.3 Å². The molecule has 0 radical (unpaired) electrons. The van der Waals surface area contributed by atoms with E-state index in [-0.39, 0.29) is 57.1 Å². The number of nitrogens with zero attached hydrogens (tertiary/aromatic N) is 6. The molecule has 17 nitrogen and oxygen atoms in total. The quantitative estimate of drug-likeness (QED) is 0.0526. The molecule has 5 amide bonds. The van der Waals surface area contributed by atoms with Crippen molar-refractivity contribution in [1.82, 2.24) is 30.0 Å². The highest BCUT2D eigenvalue weighted by Crippen LogP contribution is 2.48. The van der Waals surface area contributed by atoms with Crippen LogP contribution in [0.15, 0.2) is 85.2 Å². The van der Waals surface area contributed by atoms with Crippen molar-refractivity contribution in [1.29, 1.82) is 0 Å². The third-order valence-electron chi connectivity index (χ3n) is 14.4. The Bertz CT molecular complexity index is 2870. The van der Waals surface area contributed by atoms with Gasteiger partial charge >= 0.3 is 6.05 Å². The van der Waals surface area contributed by atoms with Crippen molar-refractivity contribution >= 4 is 63.3 Å². The number of nitrogens with one attached hydrogen (secondary N) is 4. The zero-order chi connectivity index (χ0) is 49.4. The number of benzene rings is 3. The first kappa shape index (κ1) is 47.4. The number of anilines is 4. The summed E-state index contributed by atoms with van der Waals surface area (Å²) >= 11 is 0. The van der Waals surface area contributed by atoms with E-state index in [4.69, 9.17) is 9.47 Å². The molecule has 1 aliphatic carbocycles. The summed E-state index contributed by atoms with van der Waals surface area (Å²) in [5.74, 6) is -1.14. The van der Waals surface area contributed by atoms with Gasteiger partial charge in [-0.2, -0.15) is 8.78 Å². The first-order valence-corrected chi connectivity index (χ1v) is 23.9. The molecule has 0 bridgehead atoms. The highest BCUT2D eigenvalue weighted by Gasteiger charge is 2.56. The number of piperazine rings is 1. The molecule has 1 atom stereocenters. The van der Waals surface area contributed by atoms with Gasteiger partial charge in [-0.25, -0.2) is 14.3 Å². The second kappa shape index (κ2) is 19.5. The Morgan fingerprint density at radius 3 is 2.17 bits per heavy atom. The third-order valence-corrected chi connectivity index (χ3v) is 14.4. The number of hydrogen-bond donors (Lipinski definition) is 4. The number of halogens is 3. The van der Waals surface area contributed by atoms with Crippen LogP contribution >= 0.6 is 0 Å². The summed E-state index contributed by atoms with van der Waals surface area (Å²) in [5.41, 5.74) is 2.22. The number of carbonyl (C=O) groups is 5. The summed E-state index contributed by atoms with van der Waals surface area (Å²) in [5, 5.41) is 11.9. The lowest BCUT2D eigenvalue weighted by Crippen LogP contribution is -2.57. The molecule has 3 aromatic carbocycles. The fourth-order valence-electron chi connectivity index (χ4n) is 10.0. The molecule has 6 heterocycles. The van der Waals surface area contributed by atoms with Crippen LogP contribution in [0.5, 0.6) is 17.2 Å². The van der Waals surface area contributed by atoms with Crippen LogP contribution in [0.1, 0.15) is 54.4 Å². The SMILES string of the molecule is COc1cc2c(Oc3ccc(NC(=O)C4(C(=O)Nc5ccc(F)cc5)CC4)cc3)ccnc2cc1N1CCC(C(F)(F)N2CCN(CCNc3nccc4c3CN(C3CCC(=O)NC3=O)C4=O)CC2)CC1. The van der Waals surface area contributed by atoms with Crippen molar-refractivity contribution in [2.45, 2.75) is 57.2 Å². The minimum absolute atomic E-state index is 0.169. The second-order valence-corrected chi connectivity index (χ2v) is 18.7. The zero-order valence-corrected chi connectivity index (χ0v) is 39.0. The lowest BCUT2D eigenvalue weighted by atomic mass is 9.92. The first-order chi connectivity index (χ1) is 34.3. The number of rotatable bonds is 15. The minimum Gasteiger partial charge on any atom is -0.495 e. The third kappa shape index (κ3) is 9.65. The molecular formula is C51H53F3N10O7. The molecule has 10 rings (SSSR count). The standard InChI is InChI=1S/C51H53F3N10O7/c1-70-43-28-37-39(55-19-13-42(37)71-35-8-6-34(7-9-35)59-49(69)50(16-17-50)48(68)58-33-4-2-32(52)3-5-33)29-41(43)62-21-14-31(15-22-62)51(53,54)63-26-24-61(25-27-63)23-20-57-45-38-30-64(47(67)36(38)12-18-56-45)40-10-11-44(65)60-46(40)66/h2-9,12-13,18-19,28-29,31,40H,10-11,14-17,20-27,30H2,1H3,(H,56,57)(H,58,68)(H,59,69)(H,60,65,66). The van der Waals surface area contributed by atoms with Crippen LogP contribution in [0.3, 0.4) is 0 Å². The van der Waals surface area contributed by atoms with Gasteiger partial charge < -0.3 is 35.2 Å². The molecule has 0 spiro atoms. The number of alkyl halides is 2. The van der Waals surface area contributed by atoms with Crippen molar-refractivity contribution in [2.75, 3.05) is 80.3 Å². The van der Waals surface area contributed by atoms with Gasteiger partial charge in [-0.1, -0.05) is 0 Å². The van der Waals surface area contributed by atoms with E-state index in [0.717, 1.165) is 5.69 Å². The van der Waals surface area contributed by atoms with Gasteiger partial charge in [0.2, 0.25) is 23.6 Å². The maximum atomic E-state index is 16.2. The molecule has 71 heavy (non-hydrogen) atoms. The number of methoxy groups -OCH3 is 1. The molecule has 4 N–H and O–H groups in total. The molecule has 2 aromatic heterocycles. The van der Waals surface area contributed by atoms with Crippen LogP contribution in [-0.4, -0.2) is 126 Å². The average molecular weight is 975 g/mol. The van der Waals surface area contributed by atoms with Gasteiger partial charge in [0, 0.05) is 105 Å². The summed E-state index contributed by atoms with van der Waals surface area (Å²) in [6.45, 7) is 3.46. The number of hydrogen-bond acceptors (Lipinski definition) is 13. The molecule has 4 fully saturated rings. The average Bonchev–Trinajstić information content (AvgIpc) is 4.13. The smallest absolute Gasteiger partial charge is 0.307 e. The molecule has 1 unspecified atom stereocenters. The number of aromatic nitrogens is 2. The van der Waals surface area contributed by atoms with Crippen molar-refractivity contribution < 1.29 is 46.6 Å². The van der Waals surface area contributed by atoms with Crippen molar-refractivity contribution in [3.63, 3.8) is 0 Å². The Morgan fingerprint density at radius 2 is 1.51 bits per heavy atom. The topological polar surface area (TPSA) is 191 Å². The van der Waals surface area contributed by atoms with E-state index in [2.05, 4.69) is 41.0 Å². The highest BCUT2D eigenvalue weighted by atomic mass is 19.3. The number of imide groups is 1. The summed E-state index contributed by atoms with van der Waals surface area (Å²) < 4.78 is 57.9. The molecule has 4 aliphatic heterocycles. The van der Waals surface area contributed by atoms with Crippen molar-refractivity contribution in [3.05, 3.63) is 102 Å². The van der Waals surface area contributed by atoms with E-state index < -0.39 is 47.0 Å². The van der Waals surface area contributed by atoms with Gasteiger partial charge in [0.25, 0.3) is 5.91 Å².